The molecule has 0 aliphatic heterocycles. The van der Waals surface area contributed by atoms with Gasteiger partial charge in [0.25, 0.3) is 0 Å². The largest absolute Gasteiger partial charge is 0.292 e. The highest BCUT2D eigenvalue weighted by Crippen LogP contribution is 2.26. The number of rotatable bonds is 5. The van der Waals surface area contributed by atoms with Crippen LogP contribution in [-0.2, 0) is 6.54 Å². The second-order valence-corrected chi connectivity index (χ2v) is 5.16. The summed E-state index contributed by atoms with van der Waals surface area (Å²) in [6.07, 6.45) is 7.35. The Kier molecular flexibility index (Phi) is 4.64. The Labute approximate surface area is 109 Å². The van der Waals surface area contributed by atoms with Gasteiger partial charge in [-0.15, -0.1) is 6.58 Å². The van der Waals surface area contributed by atoms with Crippen molar-refractivity contribution in [3.05, 3.63) is 47.5 Å². The van der Waals surface area contributed by atoms with Crippen LogP contribution in [0.2, 0.25) is 5.02 Å². The fraction of sp³-hybridized carbons (Fsp3) is 0.467. The molecule has 1 nitrogen and oxygen atoms in total. The van der Waals surface area contributed by atoms with Gasteiger partial charge in [0.15, 0.2) is 0 Å². The summed E-state index contributed by atoms with van der Waals surface area (Å²) < 4.78 is 0. The second kappa shape index (κ2) is 6.23. The number of nitrogens with zero attached hydrogens (tertiary/aromatic N) is 1. The van der Waals surface area contributed by atoms with Crippen LogP contribution in [0, 0.1) is 0 Å². The zero-order valence-electron chi connectivity index (χ0n) is 10.2. The zero-order valence-corrected chi connectivity index (χ0v) is 11.0. The lowest BCUT2D eigenvalue weighted by Gasteiger charge is -2.28. The van der Waals surface area contributed by atoms with Crippen molar-refractivity contribution in [2.24, 2.45) is 0 Å². The highest BCUT2D eigenvalue weighted by molar-refractivity contribution is 6.31. The first-order valence-electron chi connectivity index (χ1n) is 6.39. The molecule has 0 spiro atoms. The quantitative estimate of drug-likeness (QED) is 0.705. The standard InChI is InChI=1S/C15H20ClN/c1-2-11-17(14-8-4-5-9-14)12-13-7-3-6-10-15(13)16/h2-3,6-7,10,14H,1,4-5,8-9,11-12H2. The van der Waals surface area contributed by atoms with Gasteiger partial charge in [0.1, 0.15) is 0 Å². The van der Waals surface area contributed by atoms with Gasteiger partial charge in [-0.1, -0.05) is 48.7 Å². The van der Waals surface area contributed by atoms with Gasteiger partial charge in [-0.25, -0.2) is 0 Å². The minimum absolute atomic E-state index is 0.712. The number of halogens is 1. The Morgan fingerprint density at radius 1 is 1.29 bits per heavy atom. The molecule has 0 aromatic heterocycles. The summed E-state index contributed by atoms with van der Waals surface area (Å²) in [5.74, 6) is 0. The minimum atomic E-state index is 0.712. The molecule has 0 saturated heterocycles. The molecule has 0 amide bonds. The van der Waals surface area contributed by atoms with Crippen LogP contribution in [-0.4, -0.2) is 17.5 Å². The lowest BCUT2D eigenvalue weighted by molar-refractivity contribution is 0.211. The van der Waals surface area contributed by atoms with Crippen LogP contribution in [0.25, 0.3) is 0 Å². The maximum absolute atomic E-state index is 6.22. The second-order valence-electron chi connectivity index (χ2n) is 4.75. The number of hydrogen-bond donors (Lipinski definition) is 0. The van der Waals surface area contributed by atoms with E-state index in [1.807, 2.05) is 18.2 Å². The van der Waals surface area contributed by atoms with Crippen molar-refractivity contribution in [1.82, 2.24) is 4.90 Å². The van der Waals surface area contributed by atoms with Crippen LogP contribution >= 0.6 is 11.6 Å². The summed E-state index contributed by atoms with van der Waals surface area (Å²) in [5, 5.41) is 0.875. The molecule has 1 aromatic carbocycles. The highest BCUT2D eigenvalue weighted by atomic mass is 35.5. The predicted octanol–water partition coefficient (Wildman–Crippen LogP) is 4.27. The molecule has 1 aromatic rings. The molecular weight excluding hydrogens is 230 g/mol. The molecule has 0 heterocycles. The van der Waals surface area contributed by atoms with Gasteiger partial charge in [0.2, 0.25) is 0 Å². The van der Waals surface area contributed by atoms with Crippen LogP contribution < -0.4 is 0 Å². The van der Waals surface area contributed by atoms with Gasteiger partial charge < -0.3 is 0 Å². The molecule has 1 saturated carbocycles. The molecule has 0 atom stereocenters. The van der Waals surface area contributed by atoms with E-state index in [1.165, 1.54) is 31.2 Å². The molecule has 1 fully saturated rings. The van der Waals surface area contributed by atoms with Gasteiger partial charge in [-0.3, -0.25) is 4.90 Å². The molecule has 0 bridgehead atoms. The highest BCUT2D eigenvalue weighted by Gasteiger charge is 2.22. The van der Waals surface area contributed by atoms with Crippen molar-refractivity contribution in [2.75, 3.05) is 6.54 Å². The molecule has 92 valence electrons. The molecule has 0 N–H and O–H groups in total. The van der Waals surface area contributed by atoms with Gasteiger partial charge in [0.05, 0.1) is 0 Å². The Hall–Kier alpha value is -0.790. The van der Waals surface area contributed by atoms with Crippen LogP contribution in [0.3, 0.4) is 0 Å². The summed E-state index contributed by atoms with van der Waals surface area (Å²) in [6.45, 7) is 5.76. The molecule has 0 unspecified atom stereocenters. The average molecular weight is 250 g/mol. The minimum Gasteiger partial charge on any atom is -0.292 e. The van der Waals surface area contributed by atoms with E-state index >= 15 is 0 Å². The molecule has 0 radical (unpaired) electrons. The monoisotopic (exact) mass is 249 g/mol. The van der Waals surface area contributed by atoms with Crippen molar-refractivity contribution in [3.8, 4) is 0 Å². The van der Waals surface area contributed by atoms with E-state index < -0.39 is 0 Å². The summed E-state index contributed by atoms with van der Waals surface area (Å²) in [4.78, 5) is 2.50. The van der Waals surface area contributed by atoms with E-state index in [4.69, 9.17) is 11.6 Å². The molecule has 1 aliphatic carbocycles. The van der Waals surface area contributed by atoms with Crippen LogP contribution in [0.1, 0.15) is 31.2 Å². The Morgan fingerprint density at radius 3 is 2.65 bits per heavy atom. The molecular formula is C15H20ClN. The first-order chi connectivity index (χ1) is 8.31. The summed E-state index contributed by atoms with van der Waals surface area (Å²) >= 11 is 6.22. The normalized spacial score (nSPS) is 16.6. The summed E-state index contributed by atoms with van der Waals surface area (Å²) in [6, 6.07) is 8.84. The van der Waals surface area contributed by atoms with E-state index in [9.17, 15) is 0 Å². The summed E-state index contributed by atoms with van der Waals surface area (Å²) in [5.41, 5.74) is 1.22. The third-order valence-electron chi connectivity index (χ3n) is 3.54. The Bertz CT molecular complexity index is 369. The maximum atomic E-state index is 6.22. The van der Waals surface area contributed by atoms with Crippen molar-refractivity contribution < 1.29 is 0 Å². The van der Waals surface area contributed by atoms with Crippen LogP contribution in [0.5, 0.6) is 0 Å². The smallest absolute Gasteiger partial charge is 0.0451 e. The molecule has 2 rings (SSSR count). The van der Waals surface area contributed by atoms with Gasteiger partial charge in [-0.05, 0) is 24.5 Å². The van der Waals surface area contributed by atoms with Crippen molar-refractivity contribution in [1.29, 1.82) is 0 Å². The maximum Gasteiger partial charge on any atom is 0.0451 e. The number of hydrogen-bond acceptors (Lipinski definition) is 1. The van der Waals surface area contributed by atoms with Crippen molar-refractivity contribution in [3.63, 3.8) is 0 Å². The Balaban J connectivity index is 2.06. The Morgan fingerprint density at radius 2 is 2.00 bits per heavy atom. The first-order valence-corrected chi connectivity index (χ1v) is 6.77. The van der Waals surface area contributed by atoms with E-state index in [-0.39, 0.29) is 0 Å². The van der Waals surface area contributed by atoms with Crippen molar-refractivity contribution >= 4 is 11.6 Å². The molecule has 17 heavy (non-hydrogen) atoms. The SMILES string of the molecule is C=CCN(Cc1ccccc1Cl)C1CCCC1. The average Bonchev–Trinajstić information content (AvgIpc) is 2.85. The van der Waals surface area contributed by atoms with E-state index in [1.54, 1.807) is 0 Å². The lowest BCUT2D eigenvalue weighted by Crippen LogP contribution is -2.32. The predicted molar refractivity (Wildman–Crippen MR) is 74.3 cm³/mol. The fourth-order valence-corrected chi connectivity index (χ4v) is 2.82. The summed E-state index contributed by atoms with van der Waals surface area (Å²) in [7, 11) is 0. The third-order valence-corrected chi connectivity index (χ3v) is 3.90. The van der Waals surface area contributed by atoms with E-state index in [0.29, 0.717) is 6.04 Å². The lowest BCUT2D eigenvalue weighted by atomic mass is 10.1. The topological polar surface area (TPSA) is 3.24 Å². The van der Waals surface area contributed by atoms with E-state index in [2.05, 4.69) is 23.6 Å². The van der Waals surface area contributed by atoms with Crippen LogP contribution in [0.4, 0.5) is 0 Å². The molecule has 1 aliphatic rings. The van der Waals surface area contributed by atoms with Gasteiger partial charge in [-0.2, -0.15) is 0 Å². The van der Waals surface area contributed by atoms with Gasteiger partial charge in [0, 0.05) is 24.2 Å². The van der Waals surface area contributed by atoms with Crippen LogP contribution in [0.15, 0.2) is 36.9 Å². The first kappa shape index (κ1) is 12.7. The number of benzene rings is 1. The van der Waals surface area contributed by atoms with Crippen molar-refractivity contribution in [2.45, 2.75) is 38.3 Å². The molecule has 2 heteroatoms. The van der Waals surface area contributed by atoms with Gasteiger partial charge >= 0.3 is 0 Å². The fourth-order valence-electron chi connectivity index (χ4n) is 2.62. The third kappa shape index (κ3) is 3.34. The van der Waals surface area contributed by atoms with E-state index in [0.717, 1.165) is 18.1 Å². The zero-order chi connectivity index (χ0) is 12.1.